The Morgan fingerprint density at radius 3 is 2.36 bits per heavy atom. The maximum Gasteiger partial charge on any atom is 0.416 e. The second kappa shape index (κ2) is 9.83. The third-order valence-electron chi connectivity index (χ3n) is 3.48. The third kappa shape index (κ3) is 7.49. The molecule has 0 aliphatic carbocycles. The third-order valence-corrected chi connectivity index (χ3v) is 3.48. The first-order valence-corrected chi connectivity index (χ1v) is 7.43. The molecule has 0 radical (unpaired) electrons. The number of nitrogens with zero attached hydrogens (tertiary/aromatic N) is 1. The minimum Gasteiger partial charge on any atom is -0.359 e. The molecule has 25 heavy (non-hydrogen) atoms. The minimum atomic E-state index is -4.37. The standard InChI is InChI=1S/C16H23F3N4O.HI/c1-15(2,13(24)20-3)10-23-14(21-4)22-9-11-6-5-7-12(8-11)16(17,18)19;/h5-8H,9-10H2,1-4H3,(H,20,24)(H2,21,22,23);1H. The summed E-state index contributed by atoms with van der Waals surface area (Å²) in [5.41, 5.74) is -0.855. The number of nitrogens with one attached hydrogen (secondary N) is 3. The summed E-state index contributed by atoms with van der Waals surface area (Å²) in [6.45, 7) is 4.07. The number of benzene rings is 1. The van der Waals surface area contributed by atoms with E-state index in [4.69, 9.17) is 0 Å². The van der Waals surface area contributed by atoms with Gasteiger partial charge in [-0.25, -0.2) is 0 Å². The van der Waals surface area contributed by atoms with Gasteiger partial charge < -0.3 is 16.0 Å². The fourth-order valence-corrected chi connectivity index (χ4v) is 1.99. The lowest BCUT2D eigenvalue weighted by molar-refractivity contribution is -0.137. The lowest BCUT2D eigenvalue weighted by atomic mass is 9.92. The van der Waals surface area contributed by atoms with E-state index in [0.29, 0.717) is 18.1 Å². The zero-order chi connectivity index (χ0) is 18.4. The van der Waals surface area contributed by atoms with Crippen molar-refractivity contribution >= 4 is 35.8 Å². The molecule has 142 valence electrons. The first kappa shape index (κ1) is 23.5. The predicted molar refractivity (Wildman–Crippen MR) is 103 cm³/mol. The van der Waals surface area contributed by atoms with Crippen molar-refractivity contribution in [2.24, 2.45) is 10.4 Å². The lowest BCUT2D eigenvalue weighted by Crippen LogP contribution is -2.47. The highest BCUT2D eigenvalue weighted by Crippen LogP contribution is 2.29. The van der Waals surface area contributed by atoms with Crippen LogP contribution in [0.4, 0.5) is 13.2 Å². The molecule has 3 N–H and O–H groups in total. The first-order valence-electron chi connectivity index (χ1n) is 7.43. The predicted octanol–water partition coefficient (Wildman–Crippen LogP) is 2.76. The van der Waals surface area contributed by atoms with Crippen molar-refractivity contribution in [3.63, 3.8) is 0 Å². The number of alkyl halides is 3. The van der Waals surface area contributed by atoms with Gasteiger partial charge in [0.2, 0.25) is 5.91 Å². The van der Waals surface area contributed by atoms with Crippen LogP contribution in [0, 0.1) is 5.41 Å². The van der Waals surface area contributed by atoms with Gasteiger partial charge in [-0.2, -0.15) is 13.2 Å². The van der Waals surface area contributed by atoms with Gasteiger partial charge in [0.05, 0.1) is 11.0 Å². The van der Waals surface area contributed by atoms with Gasteiger partial charge in [-0.1, -0.05) is 12.1 Å². The fraction of sp³-hybridized carbons (Fsp3) is 0.500. The van der Waals surface area contributed by atoms with Crippen LogP contribution in [0.3, 0.4) is 0 Å². The monoisotopic (exact) mass is 472 g/mol. The summed E-state index contributed by atoms with van der Waals surface area (Å²) in [4.78, 5) is 15.7. The molecule has 0 atom stereocenters. The van der Waals surface area contributed by atoms with Crippen molar-refractivity contribution < 1.29 is 18.0 Å². The Morgan fingerprint density at radius 2 is 1.84 bits per heavy atom. The highest BCUT2D eigenvalue weighted by atomic mass is 127. The number of amides is 1. The molecule has 0 fully saturated rings. The Balaban J connectivity index is 0.00000576. The van der Waals surface area contributed by atoms with E-state index in [2.05, 4.69) is 20.9 Å². The summed E-state index contributed by atoms with van der Waals surface area (Å²) in [6, 6.07) is 5.09. The quantitative estimate of drug-likeness (QED) is 0.351. The molecule has 1 aromatic carbocycles. The molecule has 9 heteroatoms. The number of carbonyl (C=O) groups excluding carboxylic acids is 1. The Kier molecular flexibility index (Phi) is 9.23. The Hall–Kier alpha value is -1.52. The molecule has 0 unspecified atom stereocenters. The molecule has 0 aliphatic rings. The van der Waals surface area contributed by atoms with Gasteiger partial charge in [0.1, 0.15) is 0 Å². The smallest absolute Gasteiger partial charge is 0.359 e. The van der Waals surface area contributed by atoms with Crippen LogP contribution >= 0.6 is 24.0 Å². The highest BCUT2D eigenvalue weighted by molar-refractivity contribution is 14.0. The van der Waals surface area contributed by atoms with Gasteiger partial charge >= 0.3 is 6.18 Å². The second-order valence-electron chi connectivity index (χ2n) is 5.94. The van der Waals surface area contributed by atoms with E-state index < -0.39 is 17.2 Å². The molecular weight excluding hydrogens is 448 g/mol. The maximum absolute atomic E-state index is 12.7. The van der Waals surface area contributed by atoms with Crippen LogP contribution in [0.25, 0.3) is 0 Å². The first-order chi connectivity index (χ1) is 11.1. The molecule has 0 saturated heterocycles. The molecule has 0 aliphatic heterocycles. The van der Waals surface area contributed by atoms with Gasteiger partial charge in [0.15, 0.2) is 5.96 Å². The highest BCUT2D eigenvalue weighted by Gasteiger charge is 2.30. The van der Waals surface area contributed by atoms with E-state index in [-0.39, 0.29) is 36.4 Å². The van der Waals surface area contributed by atoms with Crippen molar-refractivity contribution in [3.05, 3.63) is 35.4 Å². The van der Waals surface area contributed by atoms with E-state index in [1.807, 2.05) is 0 Å². The van der Waals surface area contributed by atoms with Gasteiger partial charge in [-0.05, 0) is 31.5 Å². The second-order valence-corrected chi connectivity index (χ2v) is 5.94. The molecule has 0 aromatic heterocycles. The normalized spacial score (nSPS) is 12.2. The lowest BCUT2D eigenvalue weighted by Gasteiger charge is -2.24. The average molecular weight is 472 g/mol. The van der Waals surface area contributed by atoms with Crippen molar-refractivity contribution in [2.45, 2.75) is 26.6 Å². The van der Waals surface area contributed by atoms with Crippen LogP contribution < -0.4 is 16.0 Å². The van der Waals surface area contributed by atoms with Gasteiger partial charge in [0, 0.05) is 27.2 Å². The van der Waals surface area contributed by atoms with Gasteiger partial charge in [0.25, 0.3) is 0 Å². The summed E-state index contributed by atoms with van der Waals surface area (Å²) in [6.07, 6.45) is -4.37. The van der Waals surface area contributed by atoms with Crippen LogP contribution in [0.1, 0.15) is 25.0 Å². The van der Waals surface area contributed by atoms with Crippen LogP contribution in [-0.2, 0) is 17.5 Å². The number of guanidine groups is 1. The van der Waals surface area contributed by atoms with Gasteiger partial charge in [-0.3, -0.25) is 9.79 Å². The summed E-state index contributed by atoms with van der Waals surface area (Å²) in [7, 11) is 3.11. The van der Waals surface area contributed by atoms with E-state index >= 15 is 0 Å². The van der Waals surface area contributed by atoms with Crippen molar-refractivity contribution in [1.29, 1.82) is 0 Å². The number of rotatable bonds is 5. The van der Waals surface area contributed by atoms with Gasteiger partial charge in [-0.15, -0.1) is 24.0 Å². The Morgan fingerprint density at radius 1 is 1.20 bits per heavy atom. The van der Waals surface area contributed by atoms with Crippen LogP contribution in [0.5, 0.6) is 0 Å². The topological polar surface area (TPSA) is 65.5 Å². The van der Waals surface area contributed by atoms with Crippen molar-refractivity contribution in [3.8, 4) is 0 Å². The molecule has 5 nitrogen and oxygen atoms in total. The van der Waals surface area contributed by atoms with Crippen LogP contribution in [0.2, 0.25) is 0 Å². The van der Waals surface area contributed by atoms with E-state index in [9.17, 15) is 18.0 Å². The fourth-order valence-electron chi connectivity index (χ4n) is 1.99. The average Bonchev–Trinajstić information content (AvgIpc) is 2.53. The van der Waals surface area contributed by atoms with Crippen molar-refractivity contribution in [2.75, 3.05) is 20.6 Å². The summed E-state index contributed by atoms with van der Waals surface area (Å²) in [5, 5.41) is 8.51. The number of halogens is 4. The summed E-state index contributed by atoms with van der Waals surface area (Å²) >= 11 is 0. The molecule has 1 rings (SSSR count). The van der Waals surface area contributed by atoms with E-state index in [0.717, 1.165) is 12.1 Å². The number of hydrogen-bond acceptors (Lipinski definition) is 2. The molecule has 0 saturated carbocycles. The molecule has 1 amide bonds. The van der Waals surface area contributed by atoms with Crippen molar-refractivity contribution in [1.82, 2.24) is 16.0 Å². The Labute approximate surface area is 162 Å². The van der Waals surface area contributed by atoms with Crippen LogP contribution in [-0.4, -0.2) is 32.5 Å². The molecule has 1 aromatic rings. The Bertz CT molecular complexity index is 603. The maximum atomic E-state index is 12.7. The summed E-state index contributed by atoms with van der Waals surface area (Å²) < 4.78 is 38.1. The number of carbonyl (C=O) groups is 1. The largest absolute Gasteiger partial charge is 0.416 e. The zero-order valence-electron chi connectivity index (χ0n) is 14.6. The molecule has 0 spiro atoms. The zero-order valence-corrected chi connectivity index (χ0v) is 17.0. The van der Waals surface area contributed by atoms with E-state index in [1.165, 1.54) is 6.07 Å². The molecule has 0 bridgehead atoms. The molecule has 0 heterocycles. The number of aliphatic imine (C=N–C) groups is 1. The van der Waals surface area contributed by atoms with Crippen LogP contribution in [0.15, 0.2) is 29.3 Å². The minimum absolute atomic E-state index is 0. The van der Waals surface area contributed by atoms with E-state index in [1.54, 1.807) is 34.0 Å². The number of hydrogen-bond donors (Lipinski definition) is 3. The molecular formula is C16H24F3IN4O. The summed E-state index contributed by atoms with van der Waals surface area (Å²) in [5.74, 6) is 0.285. The SMILES string of the molecule is CN=C(NCc1cccc(C(F)(F)F)c1)NCC(C)(C)C(=O)NC.I.